The Hall–Kier alpha value is -2.54. The van der Waals surface area contributed by atoms with Crippen molar-refractivity contribution in [2.45, 2.75) is 108 Å². The van der Waals surface area contributed by atoms with Gasteiger partial charge in [0, 0.05) is 65.5 Å². The molecule has 0 saturated carbocycles. The molecule has 6 atom stereocenters. The highest BCUT2D eigenvalue weighted by atomic mass is 16.3. The lowest BCUT2D eigenvalue weighted by atomic mass is 9.54. The van der Waals surface area contributed by atoms with E-state index in [9.17, 15) is 10.2 Å². The summed E-state index contributed by atoms with van der Waals surface area (Å²) in [4.78, 5) is 8.30. The first-order chi connectivity index (χ1) is 22.0. The molecule has 6 unspecified atom stereocenters. The quantitative estimate of drug-likeness (QED) is 0.340. The number of phenolic OH excluding ortho intramolecular Hbond substituents is 1. The van der Waals surface area contributed by atoms with Gasteiger partial charge in [-0.25, -0.2) is 0 Å². The Labute approximate surface area is 268 Å². The summed E-state index contributed by atoms with van der Waals surface area (Å²) in [5.41, 5.74) is 7.93. The van der Waals surface area contributed by atoms with Crippen LogP contribution in [0.4, 0.5) is 5.69 Å². The third-order valence-corrected chi connectivity index (χ3v) is 15.1. The molecule has 4 saturated heterocycles. The largest absolute Gasteiger partial charge is 0.508 e. The average molecular weight is 607 g/mol. The number of aromatic hydroxyl groups is 1. The first-order valence-corrected chi connectivity index (χ1v) is 18.4. The van der Waals surface area contributed by atoms with E-state index in [1.54, 1.807) is 5.56 Å². The molecular formula is C39H50N4O2. The van der Waals surface area contributed by atoms with Crippen LogP contribution < -0.4 is 4.90 Å². The molecule has 6 heteroatoms. The predicted octanol–water partition coefficient (Wildman–Crippen LogP) is 6.87. The normalized spacial score (nSPS) is 38.2. The monoisotopic (exact) mass is 606 g/mol. The number of aromatic nitrogens is 1. The molecule has 0 aliphatic carbocycles. The fourth-order valence-corrected chi connectivity index (χ4v) is 13.5. The van der Waals surface area contributed by atoms with Gasteiger partial charge in [0.2, 0.25) is 0 Å². The maximum atomic E-state index is 12.3. The Morgan fingerprint density at radius 3 is 2.53 bits per heavy atom. The molecule has 7 aliphatic rings. The summed E-state index contributed by atoms with van der Waals surface area (Å²) < 4.78 is 2.69. The summed E-state index contributed by atoms with van der Waals surface area (Å²) in [6.07, 6.45) is 13.0. The van der Waals surface area contributed by atoms with Gasteiger partial charge in [-0.05, 0) is 106 Å². The van der Waals surface area contributed by atoms with Crippen LogP contribution in [0.15, 0.2) is 36.4 Å². The fraction of sp³-hybridized carbons (Fsp3) is 0.641. The van der Waals surface area contributed by atoms with Crippen molar-refractivity contribution in [3.63, 3.8) is 0 Å². The van der Waals surface area contributed by atoms with Crippen LogP contribution >= 0.6 is 0 Å². The lowest BCUT2D eigenvalue weighted by Gasteiger charge is -2.66. The number of hydrogen-bond acceptors (Lipinski definition) is 5. The van der Waals surface area contributed by atoms with Gasteiger partial charge in [0.05, 0.1) is 24.1 Å². The molecule has 1 aromatic heterocycles. The molecule has 4 fully saturated rings. The van der Waals surface area contributed by atoms with Gasteiger partial charge in [0.1, 0.15) is 11.4 Å². The van der Waals surface area contributed by atoms with Gasteiger partial charge >= 0.3 is 0 Å². The van der Waals surface area contributed by atoms with E-state index in [-0.39, 0.29) is 34.6 Å². The minimum absolute atomic E-state index is 0.0869. The van der Waals surface area contributed by atoms with E-state index in [0.717, 1.165) is 57.4 Å². The van der Waals surface area contributed by atoms with Gasteiger partial charge in [-0.15, -0.1) is 0 Å². The van der Waals surface area contributed by atoms with Crippen LogP contribution in [-0.4, -0.2) is 69.6 Å². The molecule has 0 radical (unpaired) electrons. The maximum absolute atomic E-state index is 12.3. The number of hydrogen-bond donors (Lipinski definition) is 2. The summed E-state index contributed by atoms with van der Waals surface area (Å²) >= 11 is 0. The lowest BCUT2D eigenvalue weighted by molar-refractivity contribution is -0.112. The molecule has 8 heterocycles. The minimum Gasteiger partial charge on any atom is -0.508 e. The van der Waals surface area contributed by atoms with Crippen molar-refractivity contribution >= 4 is 16.6 Å². The van der Waals surface area contributed by atoms with Crippen molar-refractivity contribution in [1.82, 2.24) is 14.4 Å². The van der Waals surface area contributed by atoms with Gasteiger partial charge in [0.15, 0.2) is 0 Å². The van der Waals surface area contributed by atoms with Crippen LogP contribution in [0, 0.1) is 10.8 Å². The number of benzene rings is 2. The number of fused-ring (bicyclic) bond motifs is 6. The second-order valence-electron chi connectivity index (χ2n) is 16.0. The highest BCUT2D eigenvalue weighted by Gasteiger charge is 2.76. The number of phenols is 1. The van der Waals surface area contributed by atoms with Crippen molar-refractivity contribution in [2.24, 2.45) is 10.8 Å². The first-order valence-electron chi connectivity index (χ1n) is 18.4. The Morgan fingerprint density at radius 1 is 0.889 bits per heavy atom. The summed E-state index contributed by atoms with van der Waals surface area (Å²) in [5, 5.41) is 25.4. The lowest BCUT2D eigenvalue weighted by Crippen LogP contribution is -2.76. The van der Waals surface area contributed by atoms with E-state index in [2.05, 4.69) is 69.5 Å². The number of piperidine rings is 3. The molecule has 1 spiro atoms. The van der Waals surface area contributed by atoms with Crippen molar-refractivity contribution in [3.8, 4) is 5.75 Å². The number of anilines is 1. The smallest absolute Gasteiger partial charge is 0.122 e. The average Bonchev–Trinajstić information content (AvgIpc) is 3.68. The van der Waals surface area contributed by atoms with Crippen molar-refractivity contribution < 1.29 is 10.2 Å². The molecule has 10 rings (SSSR count). The molecule has 0 bridgehead atoms. The zero-order valence-corrected chi connectivity index (χ0v) is 27.3. The SMILES string of the molecule is CCC12CCCN3CCc4c(n(c5ccccc45)C(c4cc5c(cc4O)N4CCCC6(CC)CCCN7CCC5(CO)C746)C1)C32. The predicted molar refractivity (Wildman–Crippen MR) is 179 cm³/mol. The summed E-state index contributed by atoms with van der Waals surface area (Å²) in [5.74, 6) is 0.456. The molecule has 238 valence electrons. The highest BCUT2D eigenvalue weighted by Crippen LogP contribution is 2.71. The maximum Gasteiger partial charge on any atom is 0.122 e. The number of rotatable bonds is 4. The van der Waals surface area contributed by atoms with Crippen LogP contribution in [0.3, 0.4) is 0 Å². The molecule has 6 nitrogen and oxygen atoms in total. The molecule has 45 heavy (non-hydrogen) atoms. The summed E-state index contributed by atoms with van der Waals surface area (Å²) in [6.45, 7) is 10.6. The molecule has 3 aromatic rings. The van der Waals surface area contributed by atoms with Gasteiger partial charge in [0.25, 0.3) is 0 Å². The Morgan fingerprint density at radius 2 is 1.71 bits per heavy atom. The van der Waals surface area contributed by atoms with Crippen LogP contribution in [0.2, 0.25) is 0 Å². The topological polar surface area (TPSA) is 55.1 Å². The first kappa shape index (κ1) is 27.6. The van der Waals surface area contributed by atoms with E-state index in [0.29, 0.717) is 11.8 Å². The van der Waals surface area contributed by atoms with Crippen LogP contribution in [0.1, 0.15) is 113 Å². The van der Waals surface area contributed by atoms with Gasteiger partial charge in [-0.3, -0.25) is 9.80 Å². The minimum atomic E-state index is -0.318. The number of para-hydroxylation sites is 1. The van der Waals surface area contributed by atoms with Crippen molar-refractivity contribution in [3.05, 3.63) is 58.8 Å². The number of aliphatic hydroxyl groups is 1. The zero-order chi connectivity index (χ0) is 30.3. The Balaban J connectivity index is 1.23. The van der Waals surface area contributed by atoms with E-state index < -0.39 is 0 Å². The summed E-state index contributed by atoms with van der Waals surface area (Å²) in [7, 11) is 0. The second kappa shape index (κ2) is 9.08. The molecular weight excluding hydrogens is 556 g/mol. The third-order valence-electron chi connectivity index (χ3n) is 15.1. The van der Waals surface area contributed by atoms with E-state index in [4.69, 9.17) is 0 Å². The fourth-order valence-electron chi connectivity index (χ4n) is 13.5. The van der Waals surface area contributed by atoms with Crippen LogP contribution in [0.5, 0.6) is 5.75 Å². The van der Waals surface area contributed by atoms with E-state index in [1.165, 1.54) is 79.3 Å². The summed E-state index contributed by atoms with van der Waals surface area (Å²) in [6, 6.07) is 14.2. The van der Waals surface area contributed by atoms with Gasteiger partial charge in [-0.2, -0.15) is 0 Å². The molecule has 0 amide bonds. The molecule has 2 aromatic carbocycles. The second-order valence-corrected chi connectivity index (χ2v) is 16.0. The van der Waals surface area contributed by atoms with Crippen molar-refractivity contribution in [2.75, 3.05) is 44.2 Å². The Kier molecular flexibility index (Phi) is 5.56. The standard InChI is InChI=1S/C39H50N4O2/c1-3-36-13-7-17-40-20-12-27-26-10-5-6-11-30(26)43(34(27)35(36)40)32(24-36)28-22-29-31(23-33(28)45)42-19-9-15-37(4-2)14-8-18-41-21-16-38(29,25-44)39(37,41)42/h5-6,10-11,22-23,32,35,44-45H,3-4,7-9,12-21,24-25H2,1-2H3. The van der Waals surface area contributed by atoms with Crippen LogP contribution in [0.25, 0.3) is 10.9 Å². The third kappa shape index (κ3) is 2.93. The highest BCUT2D eigenvalue weighted by molar-refractivity contribution is 5.87. The molecule has 7 aliphatic heterocycles. The van der Waals surface area contributed by atoms with Crippen LogP contribution in [-0.2, 0) is 11.8 Å². The van der Waals surface area contributed by atoms with Gasteiger partial charge in [-0.1, -0.05) is 32.0 Å². The zero-order valence-electron chi connectivity index (χ0n) is 27.3. The van der Waals surface area contributed by atoms with E-state index in [1.807, 2.05) is 0 Å². The molecule has 2 N–H and O–H groups in total. The van der Waals surface area contributed by atoms with Crippen molar-refractivity contribution in [1.29, 1.82) is 0 Å². The van der Waals surface area contributed by atoms with E-state index >= 15 is 0 Å². The Bertz CT molecular complexity index is 1730. The number of nitrogens with zero attached hydrogens (tertiary/aromatic N) is 4. The number of aliphatic hydroxyl groups excluding tert-OH is 1. The van der Waals surface area contributed by atoms with Gasteiger partial charge < -0.3 is 19.7 Å².